The molecule has 1 aromatic rings. The fourth-order valence-electron chi connectivity index (χ4n) is 8.32. The number of esters is 1. The van der Waals surface area contributed by atoms with Gasteiger partial charge in [-0.2, -0.15) is 0 Å². The lowest BCUT2D eigenvalue weighted by Crippen LogP contribution is -2.58. The largest absolute Gasteiger partial charge is 0.744 e. The molecule has 0 heterocycles. The summed E-state index contributed by atoms with van der Waals surface area (Å²) in [6.07, 6.45) is 11.4. The van der Waals surface area contributed by atoms with Crippen molar-refractivity contribution in [3.8, 4) is 5.75 Å². The quantitative estimate of drug-likeness (QED) is 0.313. The maximum absolute atomic E-state index is 13.6. The standard InChI is InChI=1S/C27H38O5S/c1-15(2)21-14-24(16(3)12-25(21)33(29,30)31)32-27(28)23-13-22-17-8-4-6-10-19(17)26(23)20-11-7-5-9-18(20)22/h12,14-15,17-20,22-23,26H,4-11,13H2,1-3H3,(H,29,30,31)/p-1. The summed E-state index contributed by atoms with van der Waals surface area (Å²) >= 11 is 0. The van der Waals surface area contributed by atoms with Gasteiger partial charge in [-0.05, 0) is 104 Å². The van der Waals surface area contributed by atoms with Gasteiger partial charge in [-0.1, -0.05) is 39.5 Å². The third-order valence-electron chi connectivity index (χ3n) is 9.54. The normalized spacial score (nSPS) is 35.7. The Morgan fingerprint density at radius 3 is 2.00 bits per heavy atom. The molecule has 0 spiro atoms. The summed E-state index contributed by atoms with van der Waals surface area (Å²) < 4.78 is 41.4. The van der Waals surface area contributed by atoms with Crippen LogP contribution in [0.25, 0.3) is 0 Å². The van der Waals surface area contributed by atoms with Crippen molar-refractivity contribution in [2.75, 3.05) is 0 Å². The van der Waals surface area contributed by atoms with Crippen LogP contribution in [0.15, 0.2) is 17.0 Å². The molecule has 5 aliphatic carbocycles. The van der Waals surface area contributed by atoms with Crippen LogP contribution in [0, 0.1) is 48.3 Å². The highest BCUT2D eigenvalue weighted by Crippen LogP contribution is 2.64. The number of hydrogen-bond acceptors (Lipinski definition) is 5. The van der Waals surface area contributed by atoms with E-state index in [4.69, 9.17) is 4.74 Å². The number of fused-ring (bicyclic) bond motifs is 1. The Labute approximate surface area is 198 Å². The molecule has 0 radical (unpaired) electrons. The third kappa shape index (κ3) is 4.05. The predicted molar refractivity (Wildman–Crippen MR) is 125 cm³/mol. The summed E-state index contributed by atoms with van der Waals surface area (Å²) in [5.74, 6) is 4.03. The average molecular weight is 474 g/mol. The Kier molecular flexibility index (Phi) is 6.14. The molecule has 5 saturated carbocycles. The molecule has 33 heavy (non-hydrogen) atoms. The predicted octanol–water partition coefficient (Wildman–Crippen LogP) is 5.81. The highest BCUT2D eigenvalue weighted by molar-refractivity contribution is 7.85. The minimum atomic E-state index is -4.59. The van der Waals surface area contributed by atoms with Crippen molar-refractivity contribution in [2.24, 2.45) is 41.4 Å². The Morgan fingerprint density at radius 2 is 1.48 bits per heavy atom. The molecule has 5 nitrogen and oxygen atoms in total. The van der Waals surface area contributed by atoms with E-state index >= 15 is 0 Å². The van der Waals surface area contributed by atoms with Crippen LogP contribution in [0.1, 0.15) is 88.7 Å². The number of ether oxygens (including phenoxy) is 1. The number of carbonyl (C=O) groups is 1. The SMILES string of the molecule is Cc1cc(S(=O)(=O)[O-])c(C(C)C)cc1OC(=O)C1CC2C3CCCCC3C1C1CCCCC21. The van der Waals surface area contributed by atoms with Gasteiger partial charge >= 0.3 is 5.97 Å². The zero-order chi connectivity index (χ0) is 23.5. The van der Waals surface area contributed by atoms with Crippen LogP contribution in [0.3, 0.4) is 0 Å². The minimum absolute atomic E-state index is 0.0569. The van der Waals surface area contributed by atoms with Gasteiger partial charge in [-0.3, -0.25) is 4.79 Å². The van der Waals surface area contributed by atoms with Crippen molar-refractivity contribution < 1.29 is 22.5 Å². The smallest absolute Gasteiger partial charge is 0.314 e. The molecule has 1 aromatic carbocycles. The van der Waals surface area contributed by atoms with Crippen molar-refractivity contribution in [2.45, 2.75) is 89.4 Å². The average Bonchev–Trinajstić information content (AvgIpc) is 2.79. The van der Waals surface area contributed by atoms with E-state index in [1.165, 1.54) is 57.4 Å². The van der Waals surface area contributed by atoms with Gasteiger partial charge in [-0.15, -0.1) is 0 Å². The van der Waals surface area contributed by atoms with E-state index in [0.29, 0.717) is 40.5 Å². The number of benzene rings is 1. The molecule has 6 heteroatoms. The fraction of sp³-hybridized carbons (Fsp3) is 0.741. The zero-order valence-corrected chi connectivity index (χ0v) is 20.9. The minimum Gasteiger partial charge on any atom is -0.744 e. The molecular weight excluding hydrogens is 436 g/mol. The Morgan fingerprint density at radius 1 is 0.939 bits per heavy atom. The third-order valence-corrected chi connectivity index (χ3v) is 10.4. The number of aryl methyl sites for hydroxylation is 1. The fourth-order valence-corrected chi connectivity index (χ4v) is 9.22. The van der Waals surface area contributed by atoms with Crippen molar-refractivity contribution in [1.82, 2.24) is 0 Å². The van der Waals surface area contributed by atoms with Gasteiger partial charge in [0.25, 0.3) is 0 Å². The Bertz CT molecular complexity index is 1010. The molecule has 5 atom stereocenters. The number of hydrogen-bond donors (Lipinski definition) is 0. The van der Waals surface area contributed by atoms with E-state index in [1.807, 2.05) is 13.8 Å². The second-order valence-corrected chi connectivity index (χ2v) is 12.8. The van der Waals surface area contributed by atoms with Crippen LogP contribution < -0.4 is 4.74 Å². The molecule has 0 aliphatic heterocycles. The van der Waals surface area contributed by atoms with E-state index in [0.717, 1.165) is 18.3 Å². The monoisotopic (exact) mass is 473 g/mol. The lowest BCUT2D eigenvalue weighted by Gasteiger charge is -2.62. The van der Waals surface area contributed by atoms with Gasteiger partial charge in [0.15, 0.2) is 0 Å². The van der Waals surface area contributed by atoms with Crippen LogP contribution in [-0.4, -0.2) is 18.9 Å². The van der Waals surface area contributed by atoms with Crippen LogP contribution in [0.5, 0.6) is 5.75 Å². The van der Waals surface area contributed by atoms with Gasteiger partial charge in [0.05, 0.1) is 10.8 Å². The highest BCUT2D eigenvalue weighted by atomic mass is 32.2. The highest BCUT2D eigenvalue weighted by Gasteiger charge is 2.59. The second kappa shape index (κ2) is 8.67. The van der Waals surface area contributed by atoms with E-state index in [-0.39, 0.29) is 22.7 Å². The molecule has 5 fully saturated rings. The summed E-state index contributed by atoms with van der Waals surface area (Å²) in [5.41, 5.74) is 0.942. The molecule has 0 amide bonds. The summed E-state index contributed by atoms with van der Waals surface area (Å²) in [6.45, 7) is 5.40. The van der Waals surface area contributed by atoms with Gasteiger partial charge in [0, 0.05) is 0 Å². The first kappa shape index (κ1) is 23.3. The maximum atomic E-state index is 13.6. The van der Waals surface area contributed by atoms with Crippen LogP contribution in [0.2, 0.25) is 0 Å². The first-order valence-corrected chi connectivity index (χ1v) is 14.4. The van der Waals surface area contributed by atoms with Crippen LogP contribution in [0.4, 0.5) is 0 Å². The van der Waals surface area contributed by atoms with Crippen molar-refractivity contribution >= 4 is 16.1 Å². The van der Waals surface area contributed by atoms with Crippen LogP contribution in [-0.2, 0) is 14.9 Å². The molecule has 182 valence electrons. The summed E-state index contributed by atoms with van der Waals surface area (Å²) in [4.78, 5) is 13.4. The summed E-state index contributed by atoms with van der Waals surface area (Å²) in [5, 5.41) is 0. The molecule has 0 saturated heterocycles. The van der Waals surface area contributed by atoms with E-state index < -0.39 is 10.1 Å². The van der Waals surface area contributed by atoms with Crippen molar-refractivity contribution in [3.05, 3.63) is 23.3 Å². The molecular formula is C27H37O5S-. The Hall–Kier alpha value is -1.40. The molecule has 5 unspecified atom stereocenters. The second-order valence-electron chi connectivity index (χ2n) is 11.5. The first-order valence-electron chi connectivity index (χ1n) is 13.0. The van der Waals surface area contributed by atoms with Gasteiger partial charge in [0.2, 0.25) is 0 Å². The van der Waals surface area contributed by atoms with Crippen molar-refractivity contribution in [1.29, 1.82) is 0 Å². The van der Waals surface area contributed by atoms with Gasteiger partial charge in [0.1, 0.15) is 15.9 Å². The van der Waals surface area contributed by atoms with Gasteiger partial charge < -0.3 is 9.29 Å². The molecule has 0 aromatic heterocycles. The first-order chi connectivity index (χ1) is 15.7. The topological polar surface area (TPSA) is 83.5 Å². The van der Waals surface area contributed by atoms with Crippen LogP contribution >= 0.6 is 0 Å². The van der Waals surface area contributed by atoms with E-state index in [9.17, 15) is 17.8 Å². The van der Waals surface area contributed by atoms with E-state index in [1.54, 1.807) is 13.0 Å². The maximum Gasteiger partial charge on any atom is 0.314 e. The number of carbonyl (C=O) groups excluding carboxylic acids is 1. The molecule has 0 N–H and O–H groups in total. The molecule has 2 bridgehead atoms. The summed E-state index contributed by atoms with van der Waals surface area (Å²) in [7, 11) is -4.59. The van der Waals surface area contributed by atoms with E-state index in [2.05, 4.69) is 0 Å². The lowest BCUT2D eigenvalue weighted by molar-refractivity contribution is -0.171. The lowest BCUT2D eigenvalue weighted by atomic mass is 9.42. The Balaban J connectivity index is 1.44. The van der Waals surface area contributed by atoms with Crippen molar-refractivity contribution in [3.63, 3.8) is 0 Å². The number of rotatable bonds is 4. The zero-order valence-electron chi connectivity index (χ0n) is 20.1. The molecule has 6 rings (SSSR count). The molecule has 5 aliphatic rings. The van der Waals surface area contributed by atoms with Gasteiger partial charge in [-0.25, -0.2) is 8.42 Å². The summed E-state index contributed by atoms with van der Waals surface area (Å²) in [6, 6.07) is 2.98.